The largest absolute Gasteiger partial charge is 0.325 e. The van der Waals surface area contributed by atoms with Gasteiger partial charge in [-0.2, -0.15) is 0 Å². The number of rotatable bonds is 5. The van der Waals surface area contributed by atoms with Crippen LogP contribution in [0.3, 0.4) is 0 Å². The first-order chi connectivity index (χ1) is 14.4. The number of aromatic nitrogens is 2. The second kappa shape index (κ2) is 8.55. The summed E-state index contributed by atoms with van der Waals surface area (Å²) in [5, 5.41) is 4.40. The average Bonchev–Trinajstić information content (AvgIpc) is 3.19. The van der Waals surface area contributed by atoms with E-state index in [0.29, 0.717) is 15.9 Å². The summed E-state index contributed by atoms with van der Waals surface area (Å²) in [6.45, 7) is 0. The topological polar surface area (TPSA) is 64.0 Å². The molecule has 4 aromatic rings. The van der Waals surface area contributed by atoms with Crippen molar-refractivity contribution < 1.29 is 13.6 Å². The van der Waals surface area contributed by atoms with Gasteiger partial charge in [0, 0.05) is 5.69 Å². The molecular formula is C20H12ClF2N3O2S2. The molecule has 10 heteroatoms. The van der Waals surface area contributed by atoms with E-state index >= 15 is 0 Å². The van der Waals surface area contributed by atoms with Crippen molar-refractivity contribution in [3.8, 4) is 5.69 Å². The maximum atomic E-state index is 14.4. The Bertz CT molecular complexity index is 1320. The molecule has 1 N–H and O–H groups in total. The van der Waals surface area contributed by atoms with Gasteiger partial charge in [-0.15, -0.1) is 11.3 Å². The van der Waals surface area contributed by atoms with Crippen LogP contribution in [0.2, 0.25) is 5.02 Å². The van der Waals surface area contributed by atoms with Crippen molar-refractivity contribution in [2.45, 2.75) is 5.16 Å². The number of carbonyl (C=O) groups excluding carboxylic acids is 1. The number of benzene rings is 2. The third kappa shape index (κ3) is 4.09. The monoisotopic (exact) mass is 463 g/mol. The molecule has 2 heterocycles. The van der Waals surface area contributed by atoms with Gasteiger partial charge in [0.1, 0.15) is 16.3 Å². The van der Waals surface area contributed by atoms with Gasteiger partial charge in [0.25, 0.3) is 5.56 Å². The van der Waals surface area contributed by atoms with Crippen LogP contribution in [0.5, 0.6) is 0 Å². The second-order valence-electron chi connectivity index (χ2n) is 6.09. The number of para-hydroxylation sites is 1. The molecule has 1 amide bonds. The van der Waals surface area contributed by atoms with E-state index < -0.39 is 23.1 Å². The zero-order valence-electron chi connectivity index (χ0n) is 15.1. The lowest BCUT2D eigenvalue weighted by Gasteiger charge is -2.13. The minimum atomic E-state index is -0.591. The Labute approximate surface area is 182 Å². The van der Waals surface area contributed by atoms with Crippen molar-refractivity contribution in [1.29, 1.82) is 0 Å². The van der Waals surface area contributed by atoms with Gasteiger partial charge in [0.05, 0.1) is 22.0 Å². The van der Waals surface area contributed by atoms with Crippen LogP contribution >= 0.6 is 34.7 Å². The molecule has 4 rings (SSSR count). The molecular weight excluding hydrogens is 452 g/mol. The fourth-order valence-electron chi connectivity index (χ4n) is 2.74. The number of fused-ring (bicyclic) bond motifs is 1. The summed E-state index contributed by atoms with van der Waals surface area (Å²) in [5.74, 6) is -1.69. The van der Waals surface area contributed by atoms with Crippen molar-refractivity contribution in [3.63, 3.8) is 0 Å². The van der Waals surface area contributed by atoms with Gasteiger partial charge in [-0.25, -0.2) is 13.8 Å². The van der Waals surface area contributed by atoms with E-state index in [-0.39, 0.29) is 21.6 Å². The number of halogens is 3. The number of thiophene rings is 1. The summed E-state index contributed by atoms with van der Waals surface area (Å²) in [4.78, 5) is 29.7. The van der Waals surface area contributed by atoms with Gasteiger partial charge >= 0.3 is 0 Å². The van der Waals surface area contributed by atoms with Crippen LogP contribution < -0.4 is 10.9 Å². The highest BCUT2D eigenvalue weighted by Crippen LogP contribution is 2.25. The fourth-order valence-corrected chi connectivity index (χ4v) is 4.48. The number of amides is 1. The van der Waals surface area contributed by atoms with Crippen LogP contribution in [-0.2, 0) is 4.79 Å². The SMILES string of the molecule is O=C(CSc1nc2ccsc2c(=O)n1-c1ccccc1F)Nc1ccc(F)c(Cl)c1. The summed E-state index contributed by atoms with van der Waals surface area (Å²) in [6.07, 6.45) is 0. The van der Waals surface area contributed by atoms with Crippen molar-refractivity contribution in [3.05, 3.63) is 80.9 Å². The van der Waals surface area contributed by atoms with Crippen LogP contribution in [0, 0.1) is 11.6 Å². The minimum Gasteiger partial charge on any atom is -0.325 e. The molecule has 0 aliphatic rings. The van der Waals surface area contributed by atoms with Gasteiger partial charge in [-0.3, -0.25) is 14.2 Å². The van der Waals surface area contributed by atoms with Crippen molar-refractivity contribution in [2.24, 2.45) is 0 Å². The average molecular weight is 464 g/mol. The standard InChI is InChI=1S/C20H12ClF2N3O2S2/c21-12-9-11(5-6-13(12)22)24-17(27)10-30-20-25-15-7-8-29-18(15)19(28)26(20)16-4-2-1-3-14(16)23/h1-9H,10H2,(H,24,27). The van der Waals surface area contributed by atoms with E-state index in [1.54, 1.807) is 17.5 Å². The van der Waals surface area contributed by atoms with Gasteiger partial charge < -0.3 is 5.32 Å². The van der Waals surface area contributed by atoms with Gasteiger partial charge in [-0.1, -0.05) is 35.5 Å². The summed E-state index contributed by atoms with van der Waals surface area (Å²) < 4.78 is 29.2. The lowest BCUT2D eigenvalue weighted by atomic mass is 10.3. The van der Waals surface area contributed by atoms with E-state index in [2.05, 4.69) is 10.3 Å². The highest BCUT2D eigenvalue weighted by Gasteiger charge is 2.18. The third-order valence-corrected chi connectivity index (χ3v) is 6.20. The molecule has 30 heavy (non-hydrogen) atoms. The number of anilines is 1. The number of hydrogen-bond acceptors (Lipinski definition) is 5. The van der Waals surface area contributed by atoms with Gasteiger partial charge in [-0.05, 0) is 41.8 Å². The Morgan fingerprint density at radius 3 is 2.73 bits per heavy atom. The number of thioether (sulfide) groups is 1. The summed E-state index contributed by atoms with van der Waals surface area (Å²) in [5.41, 5.74) is 0.456. The lowest BCUT2D eigenvalue weighted by molar-refractivity contribution is -0.113. The van der Waals surface area contributed by atoms with E-state index in [9.17, 15) is 18.4 Å². The van der Waals surface area contributed by atoms with Crippen molar-refractivity contribution in [2.75, 3.05) is 11.1 Å². The smallest absolute Gasteiger partial charge is 0.276 e. The molecule has 2 aromatic carbocycles. The van der Waals surface area contributed by atoms with Gasteiger partial charge in [0.15, 0.2) is 5.16 Å². The first-order valence-corrected chi connectivity index (χ1v) is 10.8. The predicted molar refractivity (Wildman–Crippen MR) is 116 cm³/mol. The zero-order valence-corrected chi connectivity index (χ0v) is 17.5. The molecule has 0 unspecified atom stereocenters. The number of carbonyl (C=O) groups is 1. The first kappa shape index (κ1) is 20.5. The maximum Gasteiger partial charge on any atom is 0.276 e. The van der Waals surface area contributed by atoms with E-state index in [1.807, 2.05) is 0 Å². The van der Waals surface area contributed by atoms with E-state index in [1.165, 1.54) is 46.2 Å². The Balaban J connectivity index is 1.64. The third-order valence-electron chi connectivity index (χ3n) is 4.08. The van der Waals surface area contributed by atoms with Crippen LogP contribution in [0.25, 0.3) is 15.9 Å². The Morgan fingerprint density at radius 1 is 1.17 bits per heavy atom. The first-order valence-electron chi connectivity index (χ1n) is 8.57. The van der Waals surface area contributed by atoms with E-state index in [4.69, 9.17) is 11.6 Å². The van der Waals surface area contributed by atoms with Crippen LogP contribution in [0.4, 0.5) is 14.5 Å². The summed E-state index contributed by atoms with van der Waals surface area (Å²) in [6, 6.07) is 11.4. The fraction of sp³-hybridized carbons (Fsp3) is 0.0500. The maximum absolute atomic E-state index is 14.4. The lowest BCUT2D eigenvalue weighted by Crippen LogP contribution is -2.23. The molecule has 0 fully saturated rings. The molecule has 0 radical (unpaired) electrons. The van der Waals surface area contributed by atoms with Gasteiger partial charge in [0.2, 0.25) is 5.91 Å². The summed E-state index contributed by atoms with van der Waals surface area (Å²) >= 11 is 7.93. The normalized spacial score (nSPS) is 11.0. The van der Waals surface area contributed by atoms with E-state index in [0.717, 1.165) is 17.8 Å². The predicted octanol–water partition coefficient (Wildman–Crippen LogP) is 5.11. The summed E-state index contributed by atoms with van der Waals surface area (Å²) in [7, 11) is 0. The molecule has 0 aliphatic heterocycles. The minimum absolute atomic E-state index is 0.0542. The highest BCUT2D eigenvalue weighted by molar-refractivity contribution is 7.99. The molecule has 0 saturated carbocycles. The molecule has 0 spiro atoms. The molecule has 5 nitrogen and oxygen atoms in total. The molecule has 152 valence electrons. The molecule has 2 aromatic heterocycles. The second-order valence-corrected chi connectivity index (χ2v) is 8.35. The molecule has 0 aliphatic carbocycles. The Kier molecular flexibility index (Phi) is 5.85. The quantitative estimate of drug-likeness (QED) is 0.330. The molecule has 0 saturated heterocycles. The van der Waals surface area contributed by atoms with Crippen LogP contribution in [0.15, 0.2) is 63.9 Å². The van der Waals surface area contributed by atoms with Crippen LogP contribution in [-0.4, -0.2) is 21.2 Å². The van der Waals surface area contributed by atoms with Crippen molar-refractivity contribution >= 4 is 56.5 Å². The Hall–Kier alpha value is -2.75. The van der Waals surface area contributed by atoms with Crippen molar-refractivity contribution in [1.82, 2.24) is 9.55 Å². The van der Waals surface area contributed by atoms with Crippen LogP contribution in [0.1, 0.15) is 0 Å². The number of nitrogens with one attached hydrogen (secondary N) is 1. The Morgan fingerprint density at radius 2 is 1.97 bits per heavy atom. The molecule has 0 atom stereocenters. The highest BCUT2D eigenvalue weighted by atomic mass is 35.5. The zero-order chi connectivity index (χ0) is 21.3. The molecule has 0 bridgehead atoms. The number of nitrogens with zero attached hydrogens (tertiary/aromatic N) is 2. The number of hydrogen-bond donors (Lipinski definition) is 1.